The second-order valence-corrected chi connectivity index (χ2v) is 6.27. The van der Waals surface area contributed by atoms with Crippen LogP contribution in [0.2, 0.25) is 0 Å². The fraction of sp³-hybridized carbons (Fsp3) is 0.667. The summed E-state index contributed by atoms with van der Waals surface area (Å²) in [6.45, 7) is 5.21. The van der Waals surface area contributed by atoms with E-state index in [1.165, 1.54) is 0 Å². The lowest BCUT2D eigenvalue weighted by Gasteiger charge is -2.37. The molecule has 2 saturated heterocycles. The van der Waals surface area contributed by atoms with Gasteiger partial charge in [-0.15, -0.1) is 0 Å². The largest absolute Gasteiger partial charge is 0.364 e. The van der Waals surface area contributed by atoms with Gasteiger partial charge in [-0.3, -0.25) is 4.79 Å². The van der Waals surface area contributed by atoms with E-state index in [9.17, 15) is 4.79 Å². The molecule has 1 aromatic heterocycles. The van der Waals surface area contributed by atoms with Gasteiger partial charge in [-0.25, -0.2) is 9.97 Å². The molecule has 0 saturated carbocycles. The molecule has 0 N–H and O–H groups in total. The predicted octanol–water partition coefficient (Wildman–Crippen LogP) is -0.237. The van der Waals surface area contributed by atoms with Gasteiger partial charge in [0.1, 0.15) is 6.61 Å². The van der Waals surface area contributed by atoms with Crippen LogP contribution in [0.3, 0.4) is 0 Å². The lowest BCUT2D eigenvalue weighted by atomic mass is 10.1. The maximum absolute atomic E-state index is 12.2. The molecule has 7 heteroatoms. The standard InChI is InChI=1S/C15H23N5O2/c1-11-6-16-15(17-7-11)19-8-12-13(9-19)22-10-14(21)20(12)5-4-18(2)3/h6-7,12-13H,4-5,8-10H2,1-3H3/t12-,13-/m1/s1. The number of aromatic nitrogens is 2. The number of anilines is 1. The number of carbonyl (C=O) groups excluding carboxylic acids is 1. The Kier molecular flexibility index (Phi) is 4.26. The number of morpholine rings is 1. The third-order valence-corrected chi connectivity index (χ3v) is 4.22. The Hall–Kier alpha value is -1.73. The smallest absolute Gasteiger partial charge is 0.249 e. The highest BCUT2D eigenvalue weighted by Crippen LogP contribution is 2.25. The third kappa shape index (κ3) is 3.05. The Morgan fingerprint density at radius 1 is 1.32 bits per heavy atom. The second kappa shape index (κ2) is 6.18. The Balaban J connectivity index is 1.72. The summed E-state index contributed by atoms with van der Waals surface area (Å²) < 4.78 is 5.72. The van der Waals surface area contributed by atoms with Crippen molar-refractivity contribution in [3.05, 3.63) is 18.0 Å². The van der Waals surface area contributed by atoms with Crippen molar-refractivity contribution >= 4 is 11.9 Å². The Bertz CT molecular complexity index is 533. The molecule has 2 aliphatic heterocycles. The van der Waals surface area contributed by atoms with E-state index in [1.54, 1.807) is 0 Å². The van der Waals surface area contributed by atoms with Crippen LogP contribution in [-0.2, 0) is 9.53 Å². The molecule has 120 valence electrons. The summed E-state index contributed by atoms with van der Waals surface area (Å²) in [7, 11) is 4.03. The Morgan fingerprint density at radius 2 is 2.05 bits per heavy atom. The summed E-state index contributed by atoms with van der Waals surface area (Å²) in [5, 5.41) is 0. The number of rotatable bonds is 4. The first-order valence-corrected chi connectivity index (χ1v) is 7.64. The van der Waals surface area contributed by atoms with Gasteiger partial charge in [-0.2, -0.15) is 0 Å². The molecule has 22 heavy (non-hydrogen) atoms. The fourth-order valence-corrected chi connectivity index (χ4v) is 2.98. The SMILES string of the molecule is Cc1cnc(N2C[C@@H]3[C@@H](C2)OCC(=O)N3CCN(C)C)nc1. The van der Waals surface area contributed by atoms with Crippen LogP contribution in [0.1, 0.15) is 5.56 Å². The van der Waals surface area contributed by atoms with E-state index in [0.29, 0.717) is 5.95 Å². The zero-order valence-corrected chi connectivity index (χ0v) is 13.4. The van der Waals surface area contributed by atoms with Gasteiger partial charge < -0.3 is 19.4 Å². The number of nitrogens with zero attached hydrogens (tertiary/aromatic N) is 5. The second-order valence-electron chi connectivity index (χ2n) is 6.27. The minimum Gasteiger partial charge on any atom is -0.364 e. The zero-order valence-electron chi connectivity index (χ0n) is 13.4. The molecular formula is C15H23N5O2. The minimum absolute atomic E-state index is 0.0461. The highest BCUT2D eigenvalue weighted by atomic mass is 16.5. The van der Waals surface area contributed by atoms with Crippen LogP contribution in [0.15, 0.2) is 12.4 Å². The van der Waals surface area contributed by atoms with E-state index in [2.05, 4.69) is 19.8 Å². The van der Waals surface area contributed by atoms with Gasteiger partial charge in [-0.1, -0.05) is 0 Å². The van der Waals surface area contributed by atoms with Gasteiger partial charge in [-0.05, 0) is 26.6 Å². The van der Waals surface area contributed by atoms with Crippen LogP contribution in [-0.4, -0.2) is 84.7 Å². The number of hydrogen-bond donors (Lipinski definition) is 0. The third-order valence-electron chi connectivity index (χ3n) is 4.22. The lowest BCUT2D eigenvalue weighted by Crippen LogP contribution is -2.55. The van der Waals surface area contributed by atoms with Gasteiger partial charge in [0, 0.05) is 38.6 Å². The van der Waals surface area contributed by atoms with Gasteiger partial charge in [0.2, 0.25) is 11.9 Å². The first kappa shape index (κ1) is 15.2. The molecule has 0 bridgehead atoms. The van der Waals surface area contributed by atoms with E-state index in [4.69, 9.17) is 4.74 Å². The highest BCUT2D eigenvalue weighted by Gasteiger charge is 2.43. The highest BCUT2D eigenvalue weighted by molar-refractivity contribution is 5.79. The summed E-state index contributed by atoms with van der Waals surface area (Å²) in [5.41, 5.74) is 1.04. The molecule has 0 radical (unpaired) electrons. The molecule has 1 aromatic rings. The number of likely N-dealkylation sites (N-methyl/N-ethyl adjacent to an activating group) is 1. The quantitative estimate of drug-likeness (QED) is 0.765. The number of carbonyl (C=O) groups is 1. The van der Waals surface area contributed by atoms with Crippen molar-refractivity contribution in [1.82, 2.24) is 19.8 Å². The molecule has 0 aromatic carbocycles. The van der Waals surface area contributed by atoms with E-state index >= 15 is 0 Å². The number of hydrogen-bond acceptors (Lipinski definition) is 6. The van der Waals surface area contributed by atoms with Gasteiger partial charge >= 0.3 is 0 Å². The predicted molar refractivity (Wildman–Crippen MR) is 82.8 cm³/mol. The average Bonchev–Trinajstić information content (AvgIpc) is 2.91. The van der Waals surface area contributed by atoms with Gasteiger partial charge in [0.05, 0.1) is 12.1 Å². The van der Waals surface area contributed by atoms with Crippen LogP contribution in [0, 0.1) is 6.92 Å². The van der Waals surface area contributed by atoms with Gasteiger partial charge in [0.15, 0.2) is 0 Å². The monoisotopic (exact) mass is 305 g/mol. The first-order chi connectivity index (χ1) is 10.5. The molecule has 7 nitrogen and oxygen atoms in total. The molecule has 0 aliphatic carbocycles. The molecule has 1 amide bonds. The number of ether oxygens (including phenoxy) is 1. The summed E-state index contributed by atoms with van der Waals surface area (Å²) in [5.74, 6) is 0.790. The fourth-order valence-electron chi connectivity index (χ4n) is 2.98. The van der Waals surface area contributed by atoms with Crippen molar-refractivity contribution in [2.24, 2.45) is 0 Å². The zero-order chi connectivity index (χ0) is 15.7. The number of fused-ring (bicyclic) bond motifs is 1. The molecule has 3 rings (SSSR count). The topological polar surface area (TPSA) is 61.8 Å². The van der Waals surface area contributed by atoms with Crippen molar-refractivity contribution in [3.8, 4) is 0 Å². The number of amides is 1. The molecular weight excluding hydrogens is 282 g/mol. The van der Waals surface area contributed by atoms with Crippen LogP contribution >= 0.6 is 0 Å². The Labute approximate surface area is 130 Å². The maximum atomic E-state index is 12.2. The van der Waals surface area contributed by atoms with Crippen LogP contribution in [0.5, 0.6) is 0 Å². The van der Waals surface area contributed by atoms with Crippen molar-refractivity contribution in [2.45, 2.75) is 19.1 Å². The normalized spacial score (nSPS) is 25.0. The lowest BCUT2D eigenvalue weighted by molar-refractivity contribution is -0.153. The van der Waals surface area contributed by atoms with Gasteiger partial charge in [0.25, 0.3) is 0 Å². The minimum atomic E-state index is 0.0461. The summed E-state index contributed by atoms with van der Waals surface area (Å²) in [6, 6.07) is 0.0890. The van der Waals surface area contributed by atoms with E-state index in [0.717, 1.165) is 31.7 Å². The molecule has 2 atom stereocenters. The summed E-state index contributed by atoms with van der Waals surface area (Å²) >= 11 is 0. The van der Waals surface area contributed by atoms with E-state index in [-0.39, 0.29) is 24.7 Å². The van der Waals surface area contributed by atoms with Crippen LogP contribution in [0.4, 0.5) is 5.95 Å². The molecule has 3 heterocycles. The van der Waals surface area contributed by atoms with Crippen LogP contribution < -0.4 is 4.90 Å². The molecule has 2 fully saturated rings. The summed E-state index contributed by atoms with van der Waals surface area (Å²) in [4.78, 5) is 27.1. The van der Waals surface area contributed by atoms with E-state index in [1.807, 2.05) is 38.3 Å². The van der Waals surface area contributed by atoms with Crippen molar-refractivity contribution < 1.29 is 9.53 Å². The van der Waals surface area contributed by atoms with E-state index < -0.39 is 0 Å². The molecule has 2 aliphatic rings. The van der Waals surface area contributed by atoms with Crippen molar-refractivity contribution in [2.75, 3.05) is 51.8 Å². The van der Waals surface area contributed by atoms with Crippen molar-refractivity contribution in [1.29, 1.82) is 0 Å². The number of aryl methyl sites for hydroxylation is 1. The van der Waals surface area contributed by atoms with Crippen molar-refractivity contribution in [3.63, 3.8) is 0 Å². The maximum Gasteiger partial charge on any atom is 0.249 e. The summed E-state index contributed by atoms with van der Waals surface area (Å²) in [6.07, 6.45) is 3.69. The Morgan fingerprint density at radius 3 is 2.73 bits per heavy atom. The first-order valence-electron chi connectivity index (χ1n) is 7.64. The average molecular weight is 305 g/mol. The molecule has 0 unspecified atom stereocenters. The van der Waals surface area contributed by atoms with Crippen LogP contribution in [0.25, 0.3) is 0 Å². The molecule has 0 spiro atoms.